The molecule has 0 aliphatic carbocycles. The summed E-state index contributed by atoms with van der Waals surface area (Å²) in [6.07, 6.45) is 5.11. The van der Waals surface area contributed by atoms with Crippen molar-refractivity contribution in [2.75, 3.05) is 13.6 Å². The number of pyridine rings is 1. The summed E-state index contributed by atoms with van der Waals surface area (Å²) in [7, 11) is 2.10. The highest BCUT2D eigenvalue weighted by molar-refractivity contribution is 5.93. The van der Waals surface area contributed by atoms with Crippen molar-refractivity contribution in [2.24, 2.45) is 0 Å². The summed E-state index contributed by atoms with van der Waals surface area (Å²) >= 11 is 0. The summed E-state index contributed by atoms with van der Waals surface area (Å²) in [4.78, 5) is 27.3. The summed E-state index contributed by atoms with van der Waals surface area (Å²) in [6, 6.07) is 13.7. The Labute approximate surface area is 173 Å². The first-order valence-corrected chi connectivity index (χ1v) is 10.1. The van der Waals surface area contributed by atoms with Gasteiger partial charge in [-0.2, -0.15) is 5.10 Å². The smallest absolute Gasteiger partial charge is 0.269 e. The molecule has 1 aliphatic rings. The van der Waals surface area contributed by atoms with E-state index in [0.29, 0.717) is 5.69 Å². The van der Waals surface area contributed by atoms with Crippen molar-refractivity contribution in [3.05, 3.63) is 66.4 Å². The molecule has 1 aromatic carbocycles. The number of hydrogen-bond acceptors (Lipinski definition) is 5. The lowest BCUT2D eigenvalue weighted by atomic mass is 9.97. The quantitative estimate of drug-likeness (QED) is 0.488. The van der Waals surface area contributed by atoms with Gasteiger partial charge in [0.1, 0.15) is 11.5 Å². The number of amides is 1. The zero-order valence-electron chi connectivity index (χ0n) is 16.7. The maximum absolute atomic E-state index is 12.8. The number of nitrogens with zero attached hydrogens (tertiary/aromatic N) is 4. The van der Waals surface area contributed by atoms with Crippen LogP contribution >= 0.6 is 0 Å². The molecule has 1 aliphatic heterocycles. The maximum atomic E-state index is 12.8. The van der Waals surface area contributed by atoms with Crippen molar-refractivity contribution in [1.29, 1.82) is 0 Å². The fraction of sp³-hybridized carbons (Fsp3) is 0.273. The van der Waals surface area contributed by atoms with Crippen LogP contribution in [0.15, 0.2) is 54.9 Å². The number of para-hydroxylation sites is 2. The molecule has 8 heteroatoms. The molecule has 30 heavy (non-hydrogen) atoms. The van der Waals surface area contributed by atoms with E-state index in [-0.39, 0.29) is 18.0 Å². The number of nitrogens with one attached hydrogen (secondary N) is 3. The number of H-pyrrole nitrogens is 2. The SMILES string of the molecule is CN1CCC(NC(=O)c2cc(-c3ccncc3)n[nH]2)C[C@@H]1c1nc2ccccc2[nH]1. The Morgan fingerprint density at radius 2 is 2.03 bits per heavy atom. The lowest BCUT2D eigenvalue weighted by molar-refractivity contribution is 0.0879. The fourth-order valence-electron chi connectivity index (χ4n) is 4.04. The molecule has 0 bridgehead atoms. The van der Waals surface area contributed by atoms with Gasteiger partial charge >= 0.3 is 0 Å². The highest BCUT2D eigenvalue weighted by Crippen LogP contribution is 2.29. The van der Waals surface area contributed by atoms with Crippen LogP contribution in [0.4, 0.5) is 0 Å². The van der Waals surface area contributed by atoms with E-state index in [1.807, 2.05) is 36.4 Å². The number of fused-ring (bicyclic) bond motifs is 1. The molecule has 0 spiro atoms. The Morgan fingerprint density at radius 3 is 2.87 bits per heavy atom. The molecule has 3 aromatic heterocycles. The number of aromatic nitrogens is 5. The van der Waals surface area contributed by atoms with Gasteiger partial charge in [0.2, 0.25) is 0 Å². The standard InChI is InChI=1S/C22H23N7O/c1-29-11-8-15(12-20(29)21-25-16-4-2-3-5-17(16)26-21)24-22(30)19-13-18(27-28-19)14-6-9-23-10-7-14/h2-7,9-10,13,15,20H,8,11-12H2,1H3,(H,24,30)(H,25,26)(H,27,28)/t15?,20-/m1/s1. The lowest BCUT2D eigenvalue weighted by Crippen LogP contribution is -2.45. The Hall–Kier alpha value is -3.52. The normalized spacial score (nSPS) is 19.8. The summed E-state index contributed by atoms with van der Waals surface area (Å²) in [5.74, 6) is 0.805. The van der Waals surface area contributed by atoms with Gasteiger partial charge in [0.15, 0.2) is 0 Å². The molecule has 8 nitrogen and oxygen atoms in total. The van der Waals surface area contributed by atoms with Crippen LogP contribution in [0, 0.1) is 0 Å². The minimum Gasteiger partial charge on any atom is -0.348 e. The average molecular weight is 401 g/mol. The molecule has 0 saturated carbocycles. The van der Waals surface area contributed by atoms with Gasteiger partial charge in [0.05, 0.1) is 22.8 Å². The summed E-state index contributed by atoms with van der Waals surface area (Å²) in [5.41, 5.74) is 4.11. The molecule has 1 unspecified atom stereocenters. The third-order valence-corrected chi connectivity index (χ3v) is 5.73. The van der Waals surface area contributed by atoms with Crippen LogP contribution in [0.5, 0.6) is 0 Å². The van der Waals surface area contributed by atoms with E-state index in [1.54, 1.807) is 18.5 Å². The largest absolute Gasteiger partial charge is 0.348 e. The number of carbonyl (C=O) groups is 1. The number of hydrogen-bond donors (Lipinski definition) is 3. The van der Waals surface area contributed by atoms with Crippen molar-refractivity contribution < 1.29 is 4.79 Å². The van der Waals surface area contributed by atoms with Gasteiger partial charge in [0.25, 0.3) is 5.91 Å². The van der Waals surface area contributed by atoms with Gasteiger partial charge in [0, 0.05) is 30.5 Å². The number of benzene rings is 1. The van der Waals surface area contributed by atoms with Crippen molar-refractivity contribution in [3.63, 3.8) is 0 Å². The Kier molecular flexibility index (Phi) is 4.76. The molecule has 2 atom stereocenters. The third kappa shape index (κ3) is 3.57. The molecule has 5 rings (SSSR count). The molecule has 152 valence electrons. The monoisotopic (exact) mass is 401 g/mol. The molecule has 4 heterocycles. The van der Waals surface area contributed by atoms with Crippen LogP contribution in [0.1, 0.15) is 35.2 Å². The molecule has 3 N–H and O–H groups in total. The number of imidazole rings is 1. The Morgan fingerprint density at radius 1 is 1.20 bits per heavy atom. The molecule has 1 saturated heterocycles. The van der Waals surface area contributed by atoms with Crippen molar-refractivity contribution in [3.8, 4) is 11.3 Å². The first kappa shape index (κ1) is 18.5. The number of likely N-dealkylation sites (tertiary alicyclic amines) is 1. The second-order valence-electron chi connectivity index (χ2n) is 7.73. The molecular formula is C22H23N7O. The first-order valence-electron chi connectivity index (χ1n) is 10.1. The first-order chi connectivity index (χ1) is 14.7. The van der Waals surface area contributed by atoms with Gasteiger partial charge in [-0.05, 0) is 50.2 Å². The fourth-order valence-corrected chi connectivity index (χ4v) is 4.04. The number of piperidine rings is 1. The van der Waals surface area contributed by atoms with Crippen LogP contribution in [0.25, 0.3) is 22.3 Å². The van der Waals surface area contributed by atoms with E-state index < -0.39 is 0 Å². The molecule has 1 amide bonds. The minimum absolute atomic E-state index is 0.0691. The summed E-state index contributed by atoms with van der Waals surface area (Å²) in [5, 5.41) is 10.3. The van der Waals surface area contributed by atoms with Crippen LogP contribution < -0.4 is 5.32 Å². The predicted octanol–water partition coefficient (Wildman–Crippen LogP) is 2.91. The molecular weight excluding hydrogens is 378 g/mol. The average Bonchev–Trinajstić information content (AvgIpc) is 3.43. The predicted molar refractivity (Wildman–Crippen MR) is 114 cm³/mol. The highest BCUT2D eigenvalue weighted by atomic mass is 16.2. The zero-order valence-corrected chi connectivity index (χ0v) is 16.7. The van der Waals surface area contributed by atoms with Gasteiger partial charge in [-0.25, -0.2) is 4.98 Å². The molecule has 4 aromatic rings. The van der Waals surface area contributed by atoms with Crippen LogP contribution in [0.3, 0.4) is 0 Å². The number of carbonyl (C=O) groups excluding carboxylic acids is 1. The summed E-state index contributed by atoms with van der Waals surface area (Å²) < 4.78 is 0. The topological polar surface area (TPSA) is 103 Å². The third-order valence-electron chi connectivity index (χ3n) is 5.73. The van der Waals surface area contributed by atoms with Crippen molar-refractivity contribution >= 4 is 16.9 Å². The van der Waals surface area contributed by atoms with E-state index in [1.165, 1.54) is 0 Å². The van der Waals surface area contributed by atoms with Gasteiger partial charge < -0.3 is 10.3 Å². The Balaban J connectivity index is 1.29. The van der Waals surface area contributed by atoms with E-state index in [4.69, 9.17) is 4.98 Å². The van der Waals surface area contributed by atoms with Crippen molar-refractivity contribution in [2.45, 2.75) is 24.9 Å². The van der Waals surface area contributed by atoms with Crippen molar-refractivity contribution in [1.82, 2.24) is 35.4 Å². The van der Waals surface area contributed by atoms with Crippen LogP contribution in [-0.2, 0) is 0 Å². The highest BCUT2D eigenvalue weighted by Gasteiger charge is 2.30. The van der Waals surface area contributed by atoms with E-state index in [2.05, 4.69) is 37.4 Å². The number of aromatic amines is 2. The Bertz CT molecular complexity index is 1130. The lowest BCUT2D eigenvalue weighted by Gasteiger charge is -2.36. The minimum atomic E-state index is -0.138. The van der Waals surface area contributed by atoms with Gasteiger partial charge in [-0.15, -0.1) is 0 Å². The second-order valence-corrected chi connectivity index (χ2v) is 7.73. The molecule has 1 fully saturated rings. The molecule has 0 radical (unpaired) electrons. The zero-order chi connectivity index (χ0) is 20.5. The van der Waals surface area contributed by atoms with Gasteiger partial charge in [-0.3, -0.25) is 19.8 Å². The van der Waals surface area contributed by atoms with E-state index in [0.717, 1.165) is 47.5 Å². The second kappa shape index (κ2) is 7.72. The van der Waals surface area contributed by atoms with Gasteiger partial charge in [-0.1, -0.05) is 12.1 Å². The summed E-state index contributed by atoms with van der Waals surface area (Å²) in [6.45, 7) is 0.887. The van der Waals surface area contributed by atoms with E-state index >= 15 is 0 Å². The van der Waals surface area contributed by atoms with Crippen LogP contribution in [-0.4, -0.2) is 55.6 Å². The maximum Gasteiger partial charge on any atom is 0.269 e. The number of rotatable bonds is 4. The van der Waals surface area contributed by atoms with E-state index in [9.17, 15) is 4.79 Å². The van der Waals surface area contributed by atoms with Crippen LogP contribution in [0.2, 0.25) is 0 Å².